The molecular weight excluding hydrogens is 264 g/mol. The Kier molecular flexibility index (Phi) is 4.43. The molecule has 1 aliphatic rings. The predicted octanol–water partition coefficient (Wildman–Crippen LogP) is 2.22. The third kappa shape index (κ3) is 3.96. The molecule has 1 aromatic rings. The van der Waals surface area contributed by atoms with Crippen molar-refractivity contribution in [1.82, 2.24) is 5.32 Å². The van der Waals surface area contributed by atoms with E-state index >= 15 is 0 Å². The van der Waals surface area contributed by atoms with Crippen LogP contribution in [0.3, 0.4) is 0 Å². The summed E-state index contributed by atoms with van der Waals surface area (Å²) in [4.78, 5) is 24.8. The number of nitrogens with one attached hydrogen (secondary N) is 1. The van der Waals surface area contributed by atoms with Crippen LogP contribution < -0.4 is 10.2 Å². The summed E-state index contributed by atoms with van der Waals surface area (Å²) < 4.78 is 0. The summed E-state index contributed by atoms with van der Waals surface area (Å²) in [6.45, 7) is 2.42. The molecule has 0 bridgehead atoms. The fraction of sp³-hybridized carbons (Fsp3) is 0.429. The lowest BCUT2D eigenvalue weighted by atomic mass is 10.2. The highest BCUT2D eigenvalue weighted by Crippen LogP contribution is 2.28. The van der Waals surface area contributed by atoms with E-state index in [1.165, 1.54) is 6.92 Å². The summed E-state index contributed by atoms with van der Waals surface area (Å²) in [5.41, 5.74) is 0.751. The van der Waals surface area contributed by atoms with Crippen LogP contribution in [0.5, 0.6) is 0 Å². The highest BCUT2D eigenvalue weighted by atomic mass is 35.5. The van der Waals surface area contributed by atoms with Crippen molar-refractivity contribution in [1.29, 1.82) is 0 Å². The Balaban J connectivity index is 1.92. The molecule has 4 nitrogen and oxygen atoms in total. The second-order valence-corrected chi connectivity index (χ2v) is 5.15. The summed E-state index contributed by atoms with van der Waals surface area (Å²) in [6.07, 6.45) is 1.97. The van der Waals surface area contributed by atoms with Gasteiger partial charge >= 0.3 is 0 Å². The van der Waals surface area contributed by atoms with Gasteiger partial charge in [0.25, 0.3) is 0 Å². The number of rotatable bonds is 5. The van der Waals surface area contributed by atoms with Crippen molar-refractivity contribution in [2.45, 2.75) is 19.8 Å². The number of hydrogen-bond donors (Lipinski definition) is 1. The molecule has 0 heterocycles. The van der Waals surface area contributed by atoms with Gasteiger partial charge in [0.2, 0.25) is 11.8 Å². The van der Waals surface area contributed by atoms with E-state index in [1.54, 1.807) is 23.1 Å². The zero-order valence-corrected chi connectivity index (χ0v) is 11.6. The number of amides is 2. The SMILES string of the molecule is CC(=O)N(CCNC(=O)C1CC1)c1cccc(Cl)c1. The predicted molar refractivity (Wildman–Crippen MR) is 75.2 cm³/mol. The number of hydrogen-bond acceptors (Lipinski definition) is 2. The van der Waals surface area contributed by atoms with E-state index in [0.717, 1.165) is 18.5 Å². The lowest BCUT2D eigenvalue weighted by Crippen LogP contribution is -2.38. The van der Waals surface area contributed by atoms with Gasteiger partial charge in [0.15, 0.2) is 0 Å². The lowest BCUT2D eigenvalue weighted by molar-refractivity contribution is -0.122. The van der Waals surface area contributed by atoms with Crippen LogP contribution >= 0.6 is 11.6 Å². The molecule has 0 aliphatic heterocycles. The molecule has 0 radical (unpaired) electrons. The van der Waals surface area contributed by atoms with E-state index in [0.29, 0.717) is 18.1 Å². The first-order valence-electron chi connectivity index (χ1n) is 6.39. The smallest absolute Gasteiger partial charge is 0.223 e. The normalized spacial score (nSPS) is 14.0. The lowest BCUT2D eigenvalue weighted by Gasteiger charge is -2.21. The van der Waals surface area contributed by atoms with Crippen LogP contribution in [0, 0.1) is 5.92 Å². The van der Waals surface area contributed by atoms with Crippen LogP contribution in [-0.4, -0.2) is 24.9 Å². The molecule has 0 saturated heterocycles. The van der Waals surface area contributed by atoms with Crippen LogP contribution in [-0.2, 0) is 9.59 Å². The zero-order chi connectivity index (χ0) is 13.8. The quantitative estimate of drug-likeness (QED) is 0.899. The maximum Gasteiger partial charge on any atom is 0.223 e. The molecule has 0 spiro atoms. The van der Waals surface area contributed by atoms with Gasteiger partial charge in [-0.2, -0.15) is 0 Å². The number of benzene rings is 1. The Morgan fingerprint density at radius 1 is 1.42 bits per heavy atom. The number of halogens is 1. The maximum atomic E-state index is 11.6. The van der Waals surface area contributed by atoms with Crippen LogP contribution in [0.2, 0.25) is 5.02 Å². The molecule has 1 saturated carbocycles. The van der Waals surface area contributed by atoms with Gasteiger partial charge in [-0.25, -0.2) is 0 Å². The average molecular weight is 281 g/mol. The first kappa shape index (κ1) is 13.9. The Labute approximate surface area is 117 Å². The molecule has 5 heteroatoms. The second-order valence-electron chi connectivity index (χ2n) is 4.72. The fourth-order valence-corrected chi connectivity index (χ4v) is 2.08. The van der Waals surface area contributed by atoms with Gasteiger partial charge < -0.3 is 10.2 Å². The molecule has 2 rings (SSSR count). The van der Waals surface area contributed by atoms with Gasteiger partial charge in [0.1, 0.15) is 0 Å². The summed E-state index contributed by atoms with van der Waals surface area (Å²) in [7, 11) is 0. The Morgan fingerprint density at radius 3 is 2.74 bits per heavy atom. The van der Waals surface area contributed by atoms with Crippen molar-refractivity contribution in [3.05, 3.63) is 29.3 Å². The Morgan fingerprint density at radius 2 is 2.16 bits per heavy atom. The van der Waals surface area contributed by atoms with E-state index in [-0.39, 0.29) is 17.7 Å². The summed E-state index contributed by atoms with van der Waals surface area (Å²) in [5, 5.41) is 3.44. The largest absolute Gasteiger partial charge is 0.354 e. The molecule has 0 aromatic heterocycles. The molecular formula is C14H17ClN2O2. The number of carbonyl (C=O) groups is 2. The van der Waals surface area contributed by atoms with Gasteiger partial charge in [-0.05, 0) is 31.0 Å². The van der Waals surface area contributed by atoms with Gasteiger partial charge in [0.05, 0.1) is 0 Å². The Bertz CT molecular complexity index is 486. The molecule has 1 N–H and O–H groups in total. The van der Waals surface area contributed by atoms with Crippen molar-refractivity contribution in [3.8, 4) is 0 Å². The number of carbonyl (C=O) groups excluding carboxylic acids is 2. The van der Waals surface area contributed by atoms with Crippen molar-refractivity contribution in [2.75, 3.05) is 18.0 Å². The third-order valence-electron chi connectivity index (χ3n) is 3.08. The summed E-state index contributed by atoms with van der Waals surface area (Å²) >= 11 is 5.92. The minimum absolute atomic E-state index is 0.0667. The van der Waals surface area contributed by atoms with E-state index in [1.807, 2.05) is 6.07 Å². The first-order chi connectivity index (χ1) is 9.08. The zero-order valence-electron chi connectivity index (χ0n) is 10.9. The number of nitrogens with zero attached hydrogens (tertiary/aromatic N) is 1. The average Bonchev–Trinajstić information content (AvgIpc) is 3.18. The van der Waals surface area contributed by atoms with Crippen molar-refractivity contribution in [3.63, 3.8) is 0 Å². The van der Waals surface area contributed by atoms with Crippen molar-refractivity contribution in [2.24, 2.45) is 5.92 Å². The molecule has 102 valence electrons. The molecule has 2 amide bonds. The van der Waals surface area contributed by atoms with Crippen LogP contribution in [0.1, 0.15) is 19.8 Å². The summed E-state index contributed by atoms with van der Waals surface area (Å²) in [6, 6.07) is 7.14. The van der Waals surface area contributed by atoms with E-state index in [2.05, 4.69) is 5.32 Å². The standard InChI is InChI=1S/C14H17ClN2O2/c1-10(18)17(13-4-2-3-12(15)9-13)8-7-16-14(19)11-5-6-11/h2-4,9,11H,5-8H2,1H3,(H,16,19). The van der Waals surface area contributed by atoms with Crippen LogP contribution in [0.15, 0.2) is 24.3 Å². The van der Waals surface area contributed by atoms with Gasteiger partial charge in [-0.15, -0.1) is 0 Å². The molecule has 1 fully saturated rings. The van der Waals surface area contributed by atoms with E-state index in [9.17, 15) is 9.59 Å². The molecule has 1 aliphatic carbocycles. The Hall–Kier alpha value is -1.55. The molecule has 0 unspecified atom stereocenters. The molecule has 19 heavy (non-hydrogen) atoms. The fourth-order valence-electron chi connectivity index (χ4n) is 1.89. The van der Waals surface area contributed by atoms with Gasteiger partial charge in [-0.1, -0.05) is 17.7 Å². The summed E-state index contributed by atoms with van der Waals surface area (Å²) in [5.74, 6) is 0.217. The van der Waals surface area contributed by atoms with Crippen LogP contribution in [0.4, 0.5) is 5.69 Å². The topological polar surface area (TPSA) is 49.4 Å². The monoisotopic (exact) mass is 280 g/mol. The van der Waals surface area contributed by atoms with Crippen LogP contribution in [0.25, 0.3) is 0 Å². The number of anilines is 1. The molecule has 1 aromatic carbocycles. The highest BCUT2D eigenvalue weighted by Gasteiger charge is 2.29. The van der Waals surface area contributed by atoms with Gasteiger partial charge in [-0.3, -0.25) is 9.59 Å². The van der Waals surface area contributed by atoms with Gasteiger partial charge in [0, 0.05) is 36.6 Å². The first-order valence-corrected chi connectivity index (χ1v) is 6.77. The minimum atomic E-state index is -0.0667. The van der Waals surface area contributed by atoms with Crippen molar-refractivity contribution < 1.29 is 9.59 Å². The van der Waals surface area contributed by atoms with E-state index in [4.69, 9.17) is 11.6 Å². The van der Waals surface area contributed by atoms with Crippen molar-refractivity contribution >= 4 is 29.1 Å². The second kappa shape index (κ2) is 6.06. The minimum Gasteiger partial charge on any atom is -0.354 e. The highest BCUT2D eigenvalue weighted by molar-refractivity contribution is 6.30. The van der Waals surface area contributed by atoms with E-state index < -0.39 is 0 Å². The molecule has 0 atom stereocenters. The maximum absolute atomic E-state index is 11.6. The third-order valence-corrected chi connectivity index (χ3v) is 3.32.